The molecule has 0 aliphatic rings. The van der Waals surface area contributed by atoms with Gasteiger partial charge in [0.05, 0.1) is 18.9 Å². The lowest BCUT2D eigenvalue weighted by Gasteiger charge is -2.16. The van der Waals surface area contributed by atoms with Gasteiger partial charge in [-0.25, -0.2) is 0 Å². The van der Waals surface area contributed by atoms with Crippen LogP contribution in [0.5, 0.6) is 0 Å². The van der Waals surface area contributed by atoms with E-state index < -0.39 is 11.9 Å². The molecule has 19 heavy (non-hydrogen) atoms. The molecule has 0 bridgehead atoms. The highest BCUT2D eigenvalue weighted by atomic mass is 16.5. The number of aryl methyl sites for hydroxylation is 1. The molecule has 0 aliphatic carbocycles. The van der Waals surface area contributed by atoms with Crippen molar-refractivity contribution in [3.05, 3.63) is 35.9 Å². The first kappa shape index (κ1) is 15.2. The van der Waals surface area contributed by atoms with E-state index >= 15 is 0 Å². The maximum atomic E-state index is 11.7. The molecular weight excluding hydrogens is 244 g/mol. The zero-order valence-electron chi connectivity index (χ0n) is 11.3. The van der Waals surface area contributed by atoms with E-state index in [9.17, 15) is 9.59 Å². The van der Waals surface area contributed by atoms with Crippen molar-refractivity contribution < 1.29 is 19.4 Å². The van der Waals surface area contributed by atoms with Gasteiger partial charge in [-0.2, -0.15) is 0 Å². The molecule has 0 heterocycles. The van der Waals surface area contributed by atoms with Gasteiger partial charge in [0.2, 0.25) is 0 Å². The summed E-state index contributed by atoms with van der Waals surface area (Å²) in [6.45, 7) is 1.61. The molecular formula is C15H20O4. The molecule has 0 saturated heterocycles. The Morgan fingerprint density at radius 1 is 1.26 bits per heavy atom. The summed E-state index contributed by atoms with van der Waals surface area (Å²) in [5, 5.41) is 8.92. The molecule has 0 radical (unpaired) electrons. The largest absolute Gasteiger partial charge is 0.481 e. The number of carboxylic acids is 1. The fourth-order valence-electron chi connectivity index (χ4n) is 2.01. The lowest BCUT2D eigenvalue weighted by molar-refractivity contribution is -0.148. The Morgan fingerprint density at radius 2 is 1.89 bits per heavy atom. The van der Waals surface area contributed by atoms with Crippen LogP contribution >= 0.6 is 0 Å². The zero-order valence-corrected chi connectivity index (χ0v) is 11.3. The highest BCUT2D eigenvalue weighted by Gasteiger charge is 2.24. The standard InChI is InChI=1S/C15H20O4/c1-11(14(16)17)10-13(15(18)19-2)9-8-12-6-4-3-5-7-12/h3-7,11,13H,8-10H2,1-2H3,(H,16,17)/t11-,13?/m1/s1. The summed E-state index contributed by atoms with van der Waals surface area (Å²) in [7, 11) is 1.34. The number of carbonyl (C=O) groups excluding carboxylic acids is 1. The molecule has 0 saturated carbocycles. The first-order valence-electron chi connectivity index (χ1n) is 6.39. The van der Waals surface area contributed by atoms with E-state index in [0.29, 0.717) is 12.8 Å². The predicted molar refractivity (Wildman–Crippen MR) is 71.7 cm³/mol. The summed E-state index contributed by atoms with van der Waals surface area (Å²) < 4.78 is 4.75. The molecule has 0 aromatic heterocycles. The van der Waals surface area contributed by atoms with E-state index in [4.69, 9.17) is 9.84 Å². The Balaban J connectivity index is 2.60. The minimum absolute atomic E-state index is 0.314. The summed E-state index contributed by atoms with van der Waals surface area (Å²) in [6, 6.07) is 9.82. The lowest BCUT2D eigenvalue weighted by atomic mass is 9.90. The van der Waals surface area contributed by atoms with Crippen LogP contribution in [0.4, 0.5) is 0 Å². The van der Waals surface area contributed by atoms with Crippen LogP contribution in [0.2, 0.25) is 0 Å². The topological polar surface area (TPSA) is 63.6 Å². The van der Waals surface area contributed by atoms with Crippen molar-refractivity contribution in [1.29, 1.82) is 0 Å². The van der Waals surface area contributed by atoms with Crippen LogP contribution in [0, 0.1) is 11.8 Å². The first-order valence-corrected chi connectivity index (χ1v) is 6.39. The van der Waals surface area contributed by atoms with Crippen LogP contribution < -0.4 is 0 Å². The smallest absolute Gasteiger partial charge is 0.308 e. The molecule has 1 unspecified atom stereocenters. The predicted octanol–water partition coefficient (Wildman–Crippen LogP) is 2.52. The van der Waals surface area contributed by atoms with Crippen molar-refractivity contribution in [1.82, 2.24) is 0 Å². The molecule has 4 nitrogen and oxygen atoms in total. The zero-order chi connectivity index (χ0) is 14.3. The number of benzene rings is 1. The summed E-state index contributed by atoms with van der Waals surface area (Å²) in [4.78, 5) is 22.5. The van der Waals surface area contributed by atoms with Crippen molar-refractivity contribution in [2.24, 2.45) is 11.8 Å². The minimum Gasteiger partial charge on any atom is -0.481 e. The SMILES string of the molecule is COC(=O)C(CCc1ccccc1)C[C@@H](C)C(=O)O. The quantitative estimate of drug-likeness (QED) is 0.769. The van der Waals surface area contributed by atoms with Gasteiger partial charge in [0, 0.05) is 0 Å². The van der Waals surface area contributed by atoms with Crippen LogP contribution in [0.25, 0.3) is 0 Å². The van der Waals surface area contributed by atoms with Crippen molar-refractivity contribution in [3.8, 4) is 0 Å². The molecule has 1 aromatic rings. The van der Waals surface area contributed by atoms with E-state index in [1.54, 1.807) is 6.92 Å². The summed E-state index contributed by atoms with van der Waals surface area (Å²) in [5.41, 5.74) is 1.14. The van der Waals surface area contributed by atoms with Gasteiger partial charge in [0.1, 0.15) is 0 Å². The number of carbonyl (C=O) groups is 2. The van der Waals surface area contributed by atoms with Crippen LogP contribution in [-0.2, 0) is 20.7 Å². The second kappa shape index (κ2) is 7.56. The molecule has 0 aliphatic heterocycles. The third-order valence-electron chi connectivity index (χ3n) is 3.22. The Morgan fingerprint density at radius 3 is 2.42 bits per heavy atom. The van der Waals surface area contributed by atoms with E-state index in [-0.39, 0.29) is 11.9 Å². The Hall–Kier alpha value is -1.84. The summed E-state index contributed by atoms with van der Waals surface area (Å²) >= 11 is 0. The highest BCUT2D eigenvalue weighted by molar-refractivity contribution is 5.74. The fourth-order valence-corrected chi connectivity index (χ4v) is 2.01. The number of esters is 1. The summed E-state index contributed by atoms with van der Waals surface area (Å²) in [6.07, 6.45) is 1.66. The molecule has 4 heteroatoms. The Bertz CT molecular complexity index is 413. The average molecular weight is 264 g/mol. The van der Waals surface area contributed by atoms with Gasteiger partial charge < -0.3 is 9.84 Å². The lowest BCUT2D eigenvalue weighted by Crippen LogP contribution is -2.23. The van der Waals surface area contributed by atoms with Crippen molar-refractivity contribution in [2.75, 3.05) is 7.11 Å². The number of carboxylic acid groups (broad SMARTS) is 1. The molecule has 2 atom stereocenters. The number of hydrogen-bond donors (Lipinski definition) is 1. The molecule has 1 N–H and O–H groups in total. The maximum absolute atomic E-state index is 11.7. The monoisotopic (exact) mass is 264 g/mol. The molecule has 1 rings (SSSR count). The van der Waals surface area contributed by atoms with Gasteiger partial charge in [0.15, 0.2) is 0 Å². The van der Waals surface area contributed by atoms with E-state index in [0.717, 1.165) is 12.0 Å². The Kier molecular flexibility index (Phi) is 6.06. The average Bonchev–Trinajstić information content (AvgIpc) is 2.43. The first-order chi connectivity index (χ1) is 9.04. The van der Waals surface area contributed by atoms with Gasteiger partial charge in [0.25, 0.3) is 0 Å². The normalized spacial score (nSPS) is 13.6. The number of methoxy groups -OCH3 is 1. The summed E-state index contributed by atoms with van der Waals surface area (Å²) in [5.74, 6) is -2.12. The number of hydrogen-bond acceptors (Lipinski definition) is 3. The van der Waals surface area contributed by atoms with Crippen molar-refractivity contribution in [2.45, 2.75) is 26.2 Å². The van der Waals surface area contributed by atoms with Crippen LogP contribution in [0.3, 0.4) is 0 Å². The van der Waals surface area contributed by atoms with Crippen molar-refractivity contribution in [3.63, 3.8) is 0 Å². The molecule has 0 spiro atoms. The van der Waals surface area contributed by atoms with Gasteiger partial charge in [-0.3, -0.25) is 9.59 Å². The molecule has 0 amide bonds. The van der Waals surface area contributed by atoms with E-state index in [1.807, 2.05) is 30.3 Å². The molecule has 104 valence electrons. The highest BCUT2D eigenvalue weighted by Crippen LogP contribution is 2.20. The van der Waals surface area contributed by atoms with Gasteiger partial charge in [-0.1, -0.05) is 37.3 Å². The van der Waals surface area contributed by atoms with Crippen LogP contribution in [-0.4, -0.2) is 24.2 Å². The fraction of sp³-hybridized carbons (Fsp3) is 0.467. The molecule has 0 fully saturated rings. The number of rotatable bonds is 7. The van der Waals surface area contributed by atoms with Gasteiger partial charge in [-0.05, 0) is 24.8 Å². The third-order valence-corrected chi connectivity index (χ3v) is 3.22. The van der Waals surface area contributed by atoms with E-state index in [1.165, 1.54) is 7.11 Å². The third kappa shape index (κ3) is 5.12. The van der Waals surface area contributed by atoms with E-state index in [2.05, 4.69) is 0 Å². The second-order valence-electron chi connectivity index (χ2n) is 4.72. The van der Waals surface area contributed by atoms with Crippen molar-refractivity contribution >= 4 is 11.9 Å². The van der Waals surface area contributed by atoms with Crippen LogP contribution in [0.15, 0.2) is 30.3 Å². The maximum Gasteiger partial charge on any atom is 0.308 e. The number of ether oxygens (including phenoxy) is 1. The Labute approximate surface area is 113 Å². The second-order valence-corrected chi connectivity index (χ2v) is 4.72. The van der Waals surface area contributed by atoms with Gasteiger partial charge in [-0.15, -0.1) is 0 Å². The minimum atomic E-state index is -0.881. The van der Waals surface area contributed by atoms with Crippen LogP contribution in [0.1, 0.15) is 25.3 Å². The molecule has 1 aromatic carbocycles. The van der Waals surface area contributed by atoms with Gasteiger partial charge >= 0.3 is 11.9 Å². The number of aliphatic carboxylic acids is 1.